The van der Waals surface area contributed by atoms with E-state index in [9.17, 15) is 4.79 Å². The molecular weight excluding hydrogens is 316 g/mol. The van der Waals surface area contributed by atoms with Crippen molar-refractivity contribution in [3.63, 3.8) is 0 Å². The Morgan fingerprint density at radius 1 is 1.20 bits per heavy atom. The van der Waals surface area contributed by atoms with Crippen LogP contribution in [0.2, 0.25) is 0 Å². The molecule has 25 heavy (non-hydrogen) atoms. The fourth-order valence-electron chi connectivity index (χ4n) is 2.85. The zero-order valence-corrected chi connectivity index (χ0v) is 13.6. The molecule has 0 radical (unpaired) electrons. The van der Waals surface area contributed by atoms with Gasteiger partial charge in [-0.3, -0.25) is 4.79 Å². The second-order valence-corrected chi connectivity index (χ2v) is 5.62. The Kier molecular flexibility index (Phi) is 3.78. The minimum Gasteiger partial charge on any atom is -0.496 e. The van der Waals surface area contributed by atoms with Crippen molar-refractivity contribution in [3.05, 3.63) is 66.1 Å². The Morgan fingerprint density at radius 3 is 2.92 bits per heavy atom. The minimum atomic E-state index is -0.248. The van der Waals surface area contributed by atoms with Crippen LogP contribution < -0.4 is 10.1 Å². The van der Waals surface area contributed by atoms with Gasteiger partial charge in [0.1, 0.15) is 17.1 Å². The van der Waals surface area contributed by atoms with E-state index in [1.165, 1.54) is 0 Å². The number of aromatic amines is 1. The monoisotopic (exact) mass is 332 g/mol. The lowest BCUT2D eigenvalue weighted by Crippen LogP contribution is -2.23. The number of pyridine rings is 2. The summed E-state index contributed by atoms with van der Waals surface area (Å²) in [4.78, 5) is 24.3. The molecule has 0 fully saturated rings. The smallest absolute Gasteiger partial charge is 0.270 e. The molecule has 1 amide bonds. The number of ether oxygens (including phenoxy) is 1. The zero-order chi connectivity index (χ0) is 17.2. The highest BCUT2D eigenvalue weighted by atomic mass is 16.5. The molecule has 4 rings (SSSR count). The Morgan fingerprint density at radius 2 is 2.04 bits per heavy atom. The molecule has 0 saturated carbocycles. The van der Waals surface area contributed by atoms with Gasteiger partial charge in [0.25, 0.3) is 5.91 Å². The number of carbonyl (C=O) groups is 1. The van der Waals surface area contributed by atoms with Gasteiger partial charge in [-0.2, -0.15) is 0 Å². The number of hydrogen-bond donors (Lipinski definition) is 2. The number of aromatic nitrogens is 3. The van der Waals surface area contributed by atoms with Crippen LogP contribution in [0.15, 0.2) is 54.9 Å². The van der Waals surface area contributed by atoms with Crippen molar-refractivity contribution in [2.45, 2.75) is 6.54 Å². The maximum atomic E-state index is 12.5. The molecule has 124 valence electrons. The quantitative estimate of drug-likeness (QED) is 0.602. The summed E-state index contributed by atoms with van der Waals surface area (Å²) in [7, 11) is 1.59. The number of carbonyl (C=O) groups excluding carboxylic acids is 1. The van der Waals surface area contributed by atoms with Crippen LogP contribution in [0.25, 0.3) is 21.9 Å². The molecule has 0 atom stereocenters. The molecule has 2 N–H and O–H groups in total. The number of H-pyrrole nitrogens is 1. The molecule has 3 aromatic heterocycles. The first-order chi connectivity index (χ1) is 12.3. The predicted molar refractivity (Wildman–Crippen MR) is 95.6 cm³/mol. The summed E-state index contributed by atoms with van der Waals surface area (Å²) in [5.41, 5.74) is 2.83. The van der Waals surface area contributed by atoms with E-state index in [1.54, 1.807) is 19.4 Å². The number of rotatable bonds is 4. The number of amides is 1. The van der Waals surface area contributed by atoms with Crippen LogP contribution in [0.1, 0.15) is 16.1 Å². The molecule has 0 aliphatic heterocycles. The first-order valence-corrected chi connectivity index (χ1v) is 7.89. The van der Waals surface area contributed by atoms with Crippen molar-refractivity contribution in [2.24, 2.45) is 0 Å². The van der Waals surface area contributed by atoms with Gasteiger partial charge in [-0.1, -0.05) is 12.1 Å². The first-order valence-electron chi connectivity index (χ1n) is 7.89. The van der Waals surface area contributed by atoms with Crippen molar-refractivity contribution in [3.8, 4) is 5.75 Å². The molecule has 4 aromatic rings. The van der Waals surface area contributed by atoms with E-state index in [0.717, 1.165) is 27.5 Å². The van der Waals surface area contributed by atoms with E-state index in [1.807, 2.05) is 42.6 Å². The summed E-state index contributed by atoms with van der Waals surface area (Å²) in [6.45, 7) is 0.390. The van der Waals surface area contributed by atoms with Crippen LogP contribution in [0.4, 0.5) is 0 Å². The third kappa shape index (κ3) is 2.78. The van der Waals surface area contributed by atoms with Gasteiger partial charge in [-0.05, 0) is 29.8 Å². The van der Waals surface area contributed by atoms with E-state index in [4.69, 9.17) is 4.74 Å². The first kappa shape index (κ1) is 15.1. The largest absolute Gasteiger partial charge is 0.496 e. The summed E-state index contributed by atoms with van der Waals surface area (Å²) in [6, 6.07) is 13.1. The SMILES string of the molecule is COc1cc(C(=O)NCc2c[nH]c3ncccc23)nc2ccccc12. The van der Waals surface area contributed by atoms with Gasteiger partial charge in [0, 0.05) is 35.8 Å². The van der Waals surface area contributed by atoms with E-state index in [0.29, 0.717) is 18.0 Å². The average molecular weight is 332 g/mol. The van der Waals surface area contributed by atoms with Gasteiger partial charge in [0.2, 0.25) is 0 Å². The van der Waals surface area contributed by atoms with Crippen molar-refractivity contribution in [1.29, 1.82) is 0 Å². The van der Waals surface area contributed by atoms with Crippen LogP contribution >= 0.6 is 0 Å². The van der Waals surface area contributed by atoms with E-state index < -0.39 is 0 Å². The fraction of sp³-hybridized carbons (Fsp3) is 0.105. The van der Waals surface area contributed by atoms with Gasteiger partial charge < -0.3 is 15.0 Å². The van der Waals surface area contributed by atoms with Crippen molar-refractivity contribution >= 4 is 27.8 Å². The molecule has 6 nitrogen and oxygen atoms in total. The van der Waals surface area contributed by atoms with Gasteiger partial charge >= 0.3 is 0 Å². The molecule has 0 bridgehead atoms. The van der Waals surface area contributed by atoms with Crippen LogP contribution in [-0.4, -0.2) is 28.0 Å². The summed E-state index contributed by atoms with van der Waals surface area (Å²) >= 11 is 0. The molecule has 6 heteroatoms. The summed E-state index contributed by atoms with van der Waals surface area (Å²) < 4.78 is 5.39. The summed E-state index contributed by atoms with van der Waals surface area (Å²) in [5, 5.41) is 4.78. The molecular formula is C19H16N4O2. The highest BCUT2D eigenvalue weighted by molar-refractivity contribution is 5.97. The van der Waals surface area contributed by atoms with Crippen molar-refractivity contribution in [2.75, 3.05) is 7.11 Å². The van der Waals surface area contributed by atoms with Crippen LogP contribution in [0.5, 0.6) is 5.75 Å². The number of methoxy groups -OCH3 is 1. The Labute approximate surface area is 143 Å². The standard InChI is InChI=1S/C19H16N4O2/c1-25-17-9-16(23-15-7-3-2-5-14(15)17)19(24)22-11-12-10-21-18-13(12)6-4-8-20-18/h2-10H,11H2,1H3,(H,20,21)(H,22,24). The van der Waals surface area contributed by atoms with E-state index in [2.05, 4.69) is 20.3 Å². The molecule has 1 aromatic carbocycles. The molecule has 0 aliphatic carbocycles. The number of benzene rings is 1. The molecule has 3 heterocycles. The molecule has 0 saturated heterocycles. The second kappa shape index (κ2) is 6.24. The van der Waals surface area contributed by atoms with E-state index in [-0.39, 0.29) is 5.91 Å². The van der Waals surface area contributed by atoms with Crippen LogP contribution in [0.3, 0.4) is 0 Å². The Hall–Kier alpha value is -3.41. The number of nitrogens with zero attached hydrogens (tertiary/aromatic N) is 2. The Balaban J connectivity index is 1.60. The highest BCUT2D eigenvalue weighted by Crippen LogP contribution is 2.25. The highest BCUT2D eigenvalue weighted by Gasteiger charge is 2.13. The lowest BCUT2D eigenvalue weighted by molar-refractivity contribution is 0.0946. The lowest BCUT2D eigenvalue weighted by Gasteiger charge is -2.09. The Bertz CT molecular complexity index is 1070. The number of para-hydroxylation sites is 1. The van der Waals surface area contributed by atoms with Gasteiger partial charge in [0.15, 0.2) is 0 Å². The predicted octanol–water partition coefficient (Wildman–Crippen LogP) is 3.05. The zero-order valence-electron chi connectivity index (χ0n) is 13.6. The van der Waals surface area contributed by atoms with Crippen molar-refractivity contribution < 1.29 is 9.53 Å². The lowest BCUT2D eigenvalue weighted by atomic mass is 10.1. The number of hydrogen-bond acceptors (Lipinski definition) is 4. The third-order valence-electron chi connectivity index (χ3n) is 4.11. The van der Waals surface area contributed by atoms with Gasteiger partial charge in [0.05, 0.1) is 12.6 Å². The normalized spacial score (nSPS) is 10.9. The average Bonchev–Trinajstić information content (AvgIpc) is 3.08. The topological polar surface area (TPSA) is 79.9 Å². The molecule has 0 aliphatic rings. The van der Waals surface area contributed by atoms with Crippen LogP contribution in [0, 0.1) is 0 Å². The van der Waals surface area contributed by atoms with Crippen LogP contribution in [-0.2, 0) is 6.54 Å². The summed E-state index contributed by atoms with van der Waals surface area (Å²) in [6.07, 6.45) is 3.58. The fourth-order valence-corrected chi connectivity index (χ4v) is 2.85. The van der Waals surface area contributed by atoms with Gasteiger partial charge in [-0.15, -0.1) is 0 Å². The maximum Gasteiger partial charge on any atom is 0.270 e. The van der Waals surface area contributed by atoms with Gasteiger partial charge in [-0.25, -0.2) is 9.97 Å². The summed E-state index contributed by atoms with van der Waals surface area (Å²) in [5.74, 6) is 0.384. The number of fused-ring (bicyclic) bond motifs is 2. The van der Waals surface area contributed by atoms with Crippen molar-refractivity contribution in [1.82, 2.24) is 20.3 Å². The second-order valence-electron chi connectivity index (χ2n) is 5.62. The minimum absolute atomic E-state index is 0.248. The molecule has 0 unspecified atom stereocenters. The van der Waals surface area contributed by atoms with E-state index >= 15 is 0 Å². The third-order valence-corrected chi connectivity index (χ3v) is 4.11. The maximum absolute atomic E-state index is 12.5. The number of nitrogens with one attached hydrogen (secondary N) is 2. The molecule has 0 spiro atoms.